The van der Waals surface area contributed by atoms with Gasteiger partial charge in [0.15, 0.2) is 5.54 Å². The zero-order chi connectivity index (χ0) is 12.3. The Morgan fingerprint density at radius 1 is 1.35 bits per heavy atom. The maximum Gasteiger partial charge on any atom is 0.336 e. The quantitative estimate of drug-likeness (QED) is 0.782. The minimum Gasteiger partial charge on any atom is -0.479 e. The summed E-state index contributed by atoms with van der Waals surface area (Å²) in [5, 5.41) is 11.9. The van der Waals surface area contributed by atoms with Gasteiger partial charge in [-0.1, -0.05) is 30.3 Å². The molecule has 5 nitrogen and oxygen atoms in total. The van der Waals surface area contributed by atoms with Crippen LogP contribution in [0.5, 0.6) is 0 Å². The van der Waals surface area contributed by atoms with E-state index in [1.54, 1.807) is 30.3 Å². The SMILES string of the molecule is O=C1CCOCC(C(=O)O)(c2ccccc2)N1. The molecule has 0 saturated carbocycles. The number of benzene rings is 1. The molecule has 0 aromatic heterocycles. The molecule has 1 aromatic carbocycles. The highest BCUT2D eigenvalue weighted by Crippen LogP contribution is 2.24. The summed E-state index contributed by atoms with van der Waals surface area (Å²) in [6.07, 6.45) is 0.182. The molecule has 1 unspecified atom stereocenters. The Labute approximate surface area is 98.4 Å². The van der Waals surface area contributed by atoms with Gasteiger partial charge in [-0.15, -0.1) is 0 Å². The van der Waals surface area contributed by atoms with Crippen molar-refractivity contribution in [3.8, 4) is 0 Å². The molecule has 1 aliphatic heterocycles. The van der Waals surface area contributed by atoms with Crippen molar-refractivity contribution in [1.29, 1.82) is 0 Å². The Bertz CT molecular complexity index is 431. The number of amides is 1. The van der Waals surface area contributed by atoms with Gasteiger partial charge >= 0.3 is 5.97 Å². The third-order valence-electron chi connectivity index (χ3n) is 2.78. The lowest BCUT2D eigenvalue weighted by atomic mass is 9.90. The monoisotopic (exact) mass is 235 g/mol. The summed E-state index contributed by atoms with van der Waals surface area (Å²) in [6.45, 7) is 0.186. The van der Waals surface area contributed by atoms with E-state index in [0.717, 1.165) is 0 Å². The molecule has 90 valence electrons. The summed E-state index contributed by atoms with van der Waals surface area (Å²) in [7, 11) is 0. The van der Waals surface area contributed by atoms with Crippen molar-refractivity contribution in [2.75, 3.05) is 13.2 Å². The molecular weight excluding hydrogens is 222 g/mol. The van der Waals surface area contributed by atoms with E-state index in [1.165, 1.54) is 0 Å². The van der Waals surface area contributed by atoms with Gasteiger partial charge in [-0.25, -0.2) is 4.79 Å². The van der Waals surface area contributed by atoms with Gasteiger partial charge in [-0.05, 0) is 5.56 Å². The standard InChI is InChI=1S/C12H13NO4/c14-10-6-7-17-8-12(13-10,11(15)16)9-4-2-1-3-5-9/h1-5H,6-8H2,(H,13,14)(H,15,16). The van der Waals surface area contributed by atoms with Crippen LogP contribution in [0, 0.1) is 0 Å². The first-order valence-electron chi connectivity index (χ1n) is 5.33. The molecule has 5 heteroatoms. The molecule has 1 fully saturated rings. The number of hydrogen-bond acceptors (Lipinski definition) is 3. The number of carboxylic acid groups (broad SMARTS) is 1. The van der Waals surface area contributed by atoms with Crippen LogP contribution in [0.2, 0.25) is 0 Å². The first kappa shape index (κ1) is 11.6. The van der Waals surface area contributed by atoms with Crippen LogP contribution < -0.4 is 5.32 Å². The van der Waals surface area contributed by atoms with Crippen LogP contribution in [0.25, 0.3) is 0 Å². The normalized spacial score (nSPS) is 24.8. The van der Waals surface area contributed by atoms with Gasteiger partial charge in [0.2, 0.25) is 5.91 Å². The second-order valence-electron chi connectivity index (χ2n) is 3.93. The van der Waals surface area contributed by atoms with E-state index in [4.69, 9.17) is 4.74 Å². The molecular formula is C12H13NO4. The fourth-order valence-electron chi connectivity index (χ4n) is 1.84. The van der Waals surface area contributed by atoms with Gasteiger partial charge in [0, 0.05) is 6.42 Å². The Balaban J connectivity index is 2.45. The first-order valence-corrected chi connectivity index (χ1v) is 5.33. The molecule has 0 bridgehead atoms. The average molecular weight is 235 g/mol. The van der Waals surface area contributed by atoms with Crippen LogP contribution in [0.4, 0.5) is 0 Å². The van der Waals surface area contributed by atoms with E-state index in [2.05, 4.69) is 5.32 Å². The summed E-state index contributed by atoms with van der Waals surface area (Å²) in [4.78, 5) is 23.0. The Hall–Kier alpha value is -1.88. The summed E-state index contributed by atoms with van der Waals surface area (Å²) >= 11 is 0. The number of aliphatic carboxylic acids is 1. The molecule has 0 aliphatic carbocycles. The summed E-state index contributed by atoms with van der Waals surface area (Å²) in [5.41, 5.74) is -0.961. The highest BCUT2D eigenvalue weighted by Gasteiger charge is 2.43. The Morgan fingerprint density at radius 3 is 2.71 bits per heavy atom. The molecule has 2 N–H and O–H groups in total. The number of nitrogens with one attached hydrogen (secondary N) is 1. The number of hydrogen-bond donors (Lipinski definition) is 2. The second-order valence-corrected chi connectivity index (χ2v) is 3.93. The minimum absolute atomic E-state index is 0.0575. The van der Waals surface area contributed by atoms with E-state index in [0.29, 0.717) is 5.56 Å². The lowest BCUT2D eigenvalue weighted by Crippen LogP contribution is -2.53. The number of ether oxygens (including phenoxy) is 1. The van der Waals surface area contributed by atoms with Crippen molar-refractivity contribution in [3.05, 3.63) is 35.9 Å². The smallest absolute Gasteiger partial charge is 0.336 e. The van der Waals surface area contributed by atoms with Crippen LogP contribution in [0.3, 0.4) is 0 Å². The van der Waals surface area contributed by atoms with Gasteiger partial charge in [-0.3, -0.25) is 4.79 Å². The molecule has 1 saturated heterocycles. The summed E-state index contributed by atoms with van der Waals surface area (Å²) in [5.74, 6) is -1.42. The Kier molecular flexibility index (Phi) is 3.10. The molecule has 1 heterocycles. The maximum absolute atomic E-state index is 11.5. The zero-order valence-corrected chi connectivity index (χ0v) is 9.18. The number of rotatable bonds is 2. The molecule has 1 aromatic rings. The molecule has 1 atom stereocenters. The fourth-order valence-corrected chi connectivity index (χ4v) is 1.84. The molecule has 1 amide bonds. The van der Waals surface area contributed by atoms with E-state index in [1.807, 2.05) is 0 Å². The van der Waals surface area contributed by atoms with Crippen LogP contribution >= 0.6 is 0 Å². The molecule has 0 spiro atoms. The average Bonchev–Trinajstić information content (AvgIpc) is 2.53. The summed E-state index contributed by atoms with van der Waals surface area (Å²) in [6, 6.07) is 8.60. The highest BCUT2D eigenvalue weighted by atomic mass is 16.5. The number of carbonyl (C=O) groups excluding carboxylic acids is 1. The maximum atomic E-state index is 11.5. The lowest BCUT2D eigenvalue weighted by molar-refractivity contribution is -0.149. The van der Waals surface area contributed by atoms with Crippen molar-refractivity contribution < 1.29 is 19.4 Å². The van der Waals surface area contributed by atoms with Crippen molar-refractivity contribution >= 4 is 11.9 Å². The Morgan fingerprint density at radius 2 is 2.06 bits per heavy atom. The van der Waals surface area contributed by atoms with Crippen molar-refractivity contribution in [2.45, 2.75) is 12.0 Å². The van der Waals surface area contributed by atoms with E-state index < -0.39 is 11.5 Å². The van der Waals surface area contributed by atoms with Crippen LogP contribution in [-0.2, 0) is 19.9 Å². The lowest BCUT2D eigenvalue weighted by Gasteiger charge is -2.28. The predicted molar refractivity (Wildman–Crippen MR) is 59.3 cm³/mol. The third-order valence-corrected chi connectivity index (χ3v) is 2.78. The molecule has 1 aliphatic rings. The van der Waals surface area contributed by atoms with Gasteiger partial charge < -0.3 is 15.2 Å². The van der Waals surface area contributed by atoms with E-state index in [-0.39, 0.29) is 25.5 Å². The first-order chi connectivity index (χ1) is 8.15. The highest BCUT2D eigenvalue weighted by molar-refractivity contribution is 5.88. The van der Waals surface area contributed by atoms with Crippen LogP contribution in [0.15, 0.2) is 30.3 Å². The van der Waals surface area contributed by atoms with Gasteiger partial charge in [0.05, 0.1) is 13.2 Å². The largest absolute Gasteiger partial charge is 0.479 e. The van der Waals surface area contributed by atoms with Gasteiger partial charge in [0.1, 0.15) is 0 Å². The fraction of sp³-hybridized carbons (Fsp3) is 0.333. The molecule has 17 heavy (non-hydrogen) atoms. The topological polar surface area (TPSA) is 75.6 Å². The van der Waals surface area contributed by atoms with Crippen molar-refractivity contribution in [1.82, 2.24) is 5.32 Å². The van der Waals surface area contributed by atoms with Crippen LogP contribution in [-0.4, -0.2) is 30.2 Å². The molecule has 2 rings (SSSR count). The van der Waals surface area contributed by atoms with Gasteiger partial charge in [0.25, 0.3) is 0 Å². The predicted octanol–water partition coefficient (Wildman–Crippen LogP) is 0.503. The van der Waals surface area contributed by atoms with E-state index in [9.17, 15) is 14.7 Å². The number of carboxylic acids is 1. The van der Waals surface area contributed by atoms with Crippen molar-refractivity contribution in [3.63, 3.8) is 0 Å². The van der Waals surface area contributed by atoms with Gasteiger partial charge in [-0.2, -0.15) is 0 Å². The molecule has 0 radical (unpaired) electrons. The third kappa shape index (κ3) is 2.14. The zero-order valence-electron chi connectivity index (χ0n) is 9.18. The second kappa shape index (κ2) is 4.55. The minimum atomic E-state index is -1.48. The number of carbonyl (C=O) groups is 2. The van der Waals surface area contributed by atoms with E-state index >= 15 is 0 Å². The summed E-state index contributed by atoms with van der Waals surface area (Å²) < 4.78 is 5.23. The van der Waals surface area contributed by atoms with Crippen molar-refractivity contribution in [2.24, 2.45) is 0 Å². The van der Waals surface area contributed by atoms with Crippen LogP contribution in [0.1, 0.15) is 12.0 Å².